The van der Waals surface area contributed by atoms with Gasteiger partial charge in [0.15, 0.2) is 0 Å². The maximum absolute atomic E-state index is 13.2. The van der Waals surface area contributed by atoms with Gasteiger partial charge in [0.2, 0.25) is 0 Å². The van der Waals surface area contributed by atoms with Gasteiger partial charge < -0.3 is 15.5 Å². The molecule has 0 bridgehead atoms. The minimum Gasteiger partial charge on any atom is -0.390 e. The number of nitrogens with one attached hydrogen (secondary N) is 1. The van der Waals surface area contributed by atoms with Crippen molar-refractivity contribution in [3.63, 3.8) is 0 Å². The van der Waals surface area contributed by atoms with Crippen molar-refractivity contribution in [1.82, 2.24) is 5.32 Å². The summed E-state index contributed by atoms with van der Waals surface area (Å²) in [5.41, 5.74) is 0.937. The summed E-state index contributed by atoms with van der Waals surface area (Å²) in [6.45, 7) is 2.26. The molecule has 90 valence electrons. The van der Waals surface area contributed by atoms with Crippen molar-refractivity contribution in [2.24, 2.45) is 0 Å². The Hall–Kier alpha value is -0.970. The topological polar surface area (TPSA) is 52.5 Å². The van der Waals surface area contributed by atoms with E-state index >= 15 is 0 Å². The quantitative estimate of drug-likeness (QED) is 0.707. The minimum absolute atomic E-state index is 0.364. The molecule has 16 heavy (non-hydrogen) atoms. The number of aryl methyl sites for hydroxylation is 1. The molecule has 1 rings (SSSR count). The smallest absolute Gasteiger partial charge is 0.126 e. The summed E-state index contributed by atoms with van der Waals surface area (Å²) in [5, 5.41) is 22.3. The van der Waals surface area contributed by atoms with Crippen LogP contribution < -0.4 is 5.32 Å². The number of aliphatic hydroxyl groups excluding tert-OH is 2. The van der Waals surface area contributed by atoms with Crippen molar-refractivity contribution >= 4 is 0 Å². The van der Waals surface area contributed by atoms with Crippen LogP contribution in [-0.4, -0.2) is 29.9 Å². The van der Waals surface area contributed by atoms with E-state index in [1.807, 2.05) is 0 Å². The van der Waals surface area contributed by atoms with Gasteiger partial charge in [0.05, 0.1) is 6.10 Å². The van der Waals surface area contributed by atoms with Gasteiger partial charge in [0, 0.05) is 0 Å². The van der Waals surface area contributed by atoms with Crippen LogP contribution in [0, 0.1) is 12.7 Å². The SMILES string of the molecule is CNCCC(O)C(O)c1ccc(C)c(F)c1. The highest BCUT2D eigenvalue weighted by molar-refractivity contribution is 5.25. The number of rotatable bonds is 5. The lowest BCUT2D eigenvalue weighted by atomic mass is 10.0. The molecule has 0 saturated heterocycles. The second-order valence-corrected chi connectivity index (χ2v) is 3.91. The van der Waals surface area contributed by atoms with E-state index in [1.165, 1.54) is 6.07 Å². The molecule has 0 spiro atoms. The lowest BCUT2D eigenvalue weighted by Crippen LogP contribution is -2.23. The first kappa shape index (κ1) is 13.1. The van der Waals surface area contributed by atoms with Gasteiger partial charge in [-0.3, -0.25) is 0 Å². The van der Waals surface area contributed by atoms with Crippen molar-refractivity contribution in [3.05, 3.63) is 35.1 Å². The molecule has 0 saturated carbocycles. The van der Waals surface area contributed by atoms with Crippen molar-refractivity contribution in [3.8, 4) is 0 Å². The third-order valence-corrected chi connectivity index (χ3v) is 2.59. The summed E-state index contributed by atoms with van der Waals surface area (Å²) in [6, 6.07) is 4.49. The Kier molecular flexibility index (Phi) is 4.86. The zero-order valence-corrected chi connectivity index (χ0v) is 9.57. The van der Waals surface area contributed by atoms with Crippen LogP contribution in [0.25, 0.3) is 0 Å². The molecule has 2 atom stereocenters. The zero-order valence-electron chi connectivity index (χ0n) is 9.57. The van der Waals surface area contributed by atoms with E-state index in [-0.39, 0.29) is 5.82 Å². The van der Waals surface area contributed by atoms with E-state index in [9.17, 15) is 14.6 Å². The first-order valence-corrected chi connectivity index (χ1v) is 5.33. The highest BCUT2D eigenvalue weighted by atomic mass is 19.1. The molecule has 0 heterocycles. The van der Waals surface area contributed by atoms with E-state index in [0.717, 1.165) is 0 Å². The molecule has 0 aliphatic rings. The molecule has 2 unspecified atom stereocenters. The summed E-state index contributed by atoms with van der Waals surface area (Å²) >= 11 is 0. The van der Waals surface area contributed by atoms with Crippen molar-refractivity contribution in [2.45, 2.75) is 25.6 Å². The average molecular weight is 227 g/mol. The van der Waals surface area contributed by atoms with Crippen LogP contribution >= 0.6 is 0 Å². The van der Waals surface area contributed by atoms with E-state index in [0.29, 0.717) is 24.1 Å². The van der Waals surface area contributed by atoms with E-state index < -0.39 is 12.2 Å². The van der Waals surface area contributed by atoms with Gasteiger partial charge in [0.1, 0.15) is 11.9 Å². The summed E-state index contributed by atoms with van der Waals surface area (Å²) < 4.78 is 13.2. The van der Waals surface area contributed by atoms with Gasteiger partial charge in [-0.05, 0) is 44.1 Å². The van der Waals surface area contributed by atoms with E-state index in [4.69, 9.17) is 0 Å². The number of halogens is 1. The molecule has 0 aromatic heterocycles. The number of hydrogen-bond acceptors (Lipinski definition) is 3. The third kappa shape index (κ3) is 3.27. The van der Waals surface area contributed by atoms with Crippen molar-refractivity contribution in [2.75, 3.05) is 13.6 Å². The largest absolute Gasteiger partial charge is 0.390 e. The fraction of sp³-hybridized carbons (Fsp3) is 0.500. The standard InChI is InChI=1S/C12H18FNO2/c1-8-3-4-9(7-10(8)13)12(16)11(15)5-6-14-2/h3-4,7,11-12,14-16H,5-6H2,1-2H3. The van der Waals surface area contributed by atoms with Gasteiger partial charge >= 0.3 is 0 Å². The lowest BCUT2D eigenvalue weighted by molar-refractivity contribution is 0.0139. The van der Waals surface area contributed by atoms with Crippen LogP contribution in [0.5, 0.6) is 0 Å². The molecule has 3 N–H and O–H groups in total. The normalized spacial score (nSPS) is 14.8. The highest BCUT2D eigenvalue weighted by Gasteiger charge is 2.18. The second kappa shape index (κ2) is 5.94. The van der Waals surface area contributed by atoms with Crippen LogP contribution in [0.15, 0.2) is 18.2 Å². The lowest BCUT2D eigenvalue weighted by Gasteiger charge is -2.18. The Labute approximate surface area is 94.9 Å². The Morgan fingerprint density at radius 2 is 2.06 bits per heavy atom. The van der Waals surface area contributed by atoms with Gasteiger partial charge in [-0.25, -0.2) is 4.39 Å². The molecule has 4 heteroatoms. The predicted octanol–water partition coefficient (Wildman–Crippen LogP) is 1.14. The fourth-order valence-corrected chi connectivity index (χ4v) is 1.47. The summed E-state index contributed by atoms with van der Waals surface area (Å²) in [5.74, 6) is -0.364. The molecule has 0 radical (unpaired) electrons. The first-order valence-electron chi connectivity index (χ1n) is 5.33. The molecule has 1 aromatic rings. The molecule has 0 fully saturated rings. The van der Waals surface area contributed by atoms with Gasteiger partial charge in [-0.1, -0.05) is 12.1 Å². The molecule has 3 nitrogen and oxygen atoms in total. The Bertz CT molecular complexity index is 344. The minimum atomic E-state index is -1.04. The highest BCUT2D eigenvalue weighted by Crippen LogP contribution is 2.20. The Morgan fingerprint density at radius 3 is 2.62 bits per heavy atom. The average Bonchev–Trinajstić information content (AvgIpc) is 2.28. The summed E-state index contributed by atoms with van der Waals surface area (Å²) in [4.78, 5) is 0. The maximum atomic E-state index is 13.2. The van der Waals surface area contributed by atoms with E-state index in [2.05, 4.69) is 5.32 Å². The molecule has 0 aliphatic carbocycles. The monoisotopic (exact) mass is 227 g/mol. The van der Waals surface area contributed by atoms with Crippen molar-refractivity contribution < 1.29 is 14.6 Å². The fourth-order valence-electron chi connectivity index (χ4n) is 1.47. The third-order valence-electron chi connectivity index (χ3n) is 2.59. The van der Waals surface area contributed by atoms with Crippen molar-refractivity contribution in [1.29, 1.82) is 0 Å². The number of benzene rings is 1. The second-order valence-electron chi connectivity index (χ2n) is 3.91. The van der Waals surface area contributed by atoms with E-state index in [1.54, 1.807) is 26.1 Å². The maximum Gasteiger partial charge on any atom is 0.126 e. The summed E-state index contributed by atoms with van der Waals surface area (Å²) in [7, 11) is 1.77. The van der Waals surface area contributed by atoms with Crippen LogP contribution in [0.4, 0.5) is 4.39 Å². The number of hydrogen-bond donors (Lipinski definition) is 3. The first-order chi connectivity index (χ1) is 7.56. The summed E-state index contributed by atoms with van der Waals surface area (Å²) in [6.07, 6.45) is -1.49. The predicted molar refractivity (Wildman–Crippen MR) is 60.6 cm³/mol. The van der Waals surface area contributed by atoms with Crippen LogP contribution in [-0.2, 0) is 0 Å². The number of aliphatic hydroxyl groups is 2. The molecule has 0 aliphatic heterocycles. The van der Waals surface area contributed by atoms with Gasteiger partial charge in [-0.2, -0.15) is 0 Å². The molecule has 0 amide bonds. The van der Waals surface area contributed by atoms with Crippen LogP contribution in [0.1, 0.15) is 23.7 Å². The molecule has 1 aromatic carbocycles. The molecular weight excluding hydrogens is 209 g/mol. The Balaban J connectivity index is 2.71. The zero-order chi connectivity index (χ0) is 12.1. The van der Waals surface area contributed by atoms with Crippen LogP contribution in [0.3, 0.4) is 0 Å². The van der Waals surface area contributed by atoms with Crippen LogP contribution in [0.2, 0.25) is 0 Å². The van der Waals surface area contributed by atoms with Gasteiger partial charge in [-0.15, -0.1) is 0 Å². The Morgan fingerprint density at radius 1 is 1.38 bits per heavy atom. The van der Waals surface area contributed by atoms with Gasteiger partial charge in [0.25, 0.3) is 0 Å². The molecular formula is C12H18FNO2.